The van der Waals surface area contributed by atoms with Crippen LogP contribution < -0.4 is 5.32 Å². The summed E-state index contributed by atoms with van der Waals surface area (Å²) in [6, 6.07) is 9.46. The molecule has 1 N–H and O–H groups in total. The lowest BCUT2D eigenvalue weighted by Crippen LogP contribution is -1.95. The largest absolute Gasteiger partial charge is 0.324 e. The molecule has 0 fully saturated rings. The van der Waals surface area contributed by atoms with E-state index in [9.17, 15) is 0 Å². The number of hydrogen-bond acceptors (Lipinski definition) is 3. The Kier molecular flexibility index (Phi) is 2.74. The summed E-state index contributed by atoms with van der Waals surface area (Å²) < 4.78 is 1.02. The first-order valence-electron chi connectivity index (χ1n) is 4.06. The van der Waals surface area contributed by atoms with Crippen molar-refractivity contribution in [1.29, 1.82) is 0 Å². The van der Waals surface area contributed by atoms with Gasteiger partial charge in [0.1, 0.15) is 0 Å². The van der Waals surface area contributed by atoms with Crippen LogP contribution in [0, 0.1) is 6.20 Å². The molecule has 0 saturated heterocycles. The average Bonchev–Trinajstić information content (AvgIpc) is 2.19. The lowest BCUT2D eigenvalue weighted by molar-refractivity contribution is 1.16. The van der Waals surface area contributed by atoms with Gasteiger partial charge in [0.15, 0.2) is 0 Å². The Morgan fingerprint density at radius 1 is 1.36 bits per heavy atom. The number of halogens is 1. The second-order valence-corrected chi connectivity index (χ2v) is 3.56. The molecular weight excluding hydrogens is 242 g/mol. The Hall–Kier alpha value is -1.42. The smallest absolute Gasteiger partial charge is 0.227 e. The van der Waals surface area contributed by atoms with E-state index in [1.807, 2.05) is 24.3 Å². The summed E-state index contributed by atoms with van der Waals surface area (Å²) in [5.41, 5.74) is 0.943. The Bertz CT molecular complexity index is 417. The van der Waals surface area contributed by atoms with Crippen LogP contribution in [0.4, 0.5) is 11.6 Å². The molecular formula is C10H7BrN3. The molecule has 0 bridgehead atoms. The van der Waals surface area contributed by atoms with Gasteiger partial charge in [-0.1, -0.05) is 22.0 Å². The fourth-order valence-corrected chi connectivity index (χ4v) is 1.42. The van der Waals surface area contributed by atoms with Crippen LogP contribution in [0.15, 0.2) is 41.0 Å². The topological polar surface area (TPSA) is 37.8 Å². The zero-order chi connectivity index (χ0) is 9.80. The minimum atomic E-state index is 0.547. The molecule has 0 atom stereocenters. The van der Waals surface area contributed by atoms with Crippen LogP contribution in [-0.4, -0.2) is 9.97 Å². The van der Waals surface area contributed by atoms with E-state index in [0.29, 0.717) is 5.95 Å². The Balaban J connectivity index is 2.19. The molecule has 3 nitrogen and oxygen atoms in total. The van der Waals surface area contributed by atoms with Crippen LogP contribution in [0.1, 0.15) is 0 Å². The zero-order valence-corrected chi connectivity index (χ0v) is 8.82. The highest BCUT2D eigenvalue weighted by atomic mass is 79.9. The lowest BCUT2D eigenvalue weighted by Gasteiger charge is -2.03. The maximum atomic E-state index is 4.03. The van der Waals surface area contributed by atoms with E-state index in [1.165, 1.54) is 0 Å². The van der Waals surface area contributed by atoms with Gasteiger partial charge in [0, 0.05) is 16.4 Å². The van der Waals surface area contributed by atoms with Gasteiger partial charge >= 0.3 is 0 Å². The summed E-state index contributed by atoms with van der Waals surface area (Å²) in [6.45, 7) is 0. The average molecular weight is 249 g/mol. The summed E-state index contributed by atoms with van der Waals surface area (Å²) in [5.74, 6) is 0.547. The number of hydrogen-bond donors (Lipinski definition) is 1. The molecule has 0 aliphatic heterocycles. The molecule has 69 valence electrons. The predicted molar refractivity (Wildman–Crippen MR) is 58.3 cm³/mol. The number of benzene rings is 1. The van der Waals surface area contributed by atoms with Crippen molar-refractivity contribution in [2.45, 2.75) is 0 Å². The molecule has 1 heterocycles. The molecule has 0 aliphatic carbocycles. The maximum Gasteiger partial charge on any atom is 0.227 e. The highest BCUT2D eigenvalue weighted by molar-refractivity contribution is 9.10. The third-order valence-corrected chi connectivity index (χ3v) is 2.09. The third-order valence-electron chi connectivity index (χ3n) is 1.60. The van der Waals surface area contributed by atoms with Crippen LogP contribution in [0.25, 0.3) is 0 Å². The van der Waals surface area contributed by atoms with Crippen molar-refractivity contribution in [3.8, 4) is 0 Å². The number of nitrogens with zero attached hydrogens (tertiary/aromatic N) is 2. The SMILES string of the molecule is Brc1cccc(Nc2n[c]ccn2)c1. The van der Waals surface area contributed by atoms with Gasteiger partial charge in [-0.3, -0.25) is 0 Å². The molecule has 2 rings (SSSR count). The van der Waals surface area contributed by atoms with Gasteiger partial charge in [-0.15, -0.1) is 0 Å². The van der Waals surface area contributed by atoms with Gasteiger partial charge < -0.3 is 5.32 Å². The van der Waals surface area contributed by atoms with Crippen LogP contribution in [0.3, 0.4) is 0 Å². The van der Waals surface area contributed by atoms with Crippen molar-refractivity contribution >= 4 is 27.6 Å². The molecule has 0 unspecified atom stereocenters. The minimum absolute atomic E-state index is 0.547. The van der Waals surface area contributed by atoms with Gasteiger partial charge in [0.05, 0.1) is 6.20 Å². The molecule has 0 aliphatic rings. The minimum Gasteiger partial charge on any atom is -0.324 e. The quantitative estimate of drug-likeness (QED) is 0.889. The van der Waals surface area contributed by atoms with Crippen molar-refractivity contribution in [2.24, 2.45) is 0 Å². The lowest BCUT2D eigenvalue weighted by atomic mass is 10.3. The molecule has 14 heavy (non-hydrogen) atoms. The van der Waals surface area contributed by atoms with E-state index in [0.717, 1.165) is 10.2 Å². The normalized spacial score (nSPS) is 9.79. The molecule has 0 spiro atoms. The van der Waals surface area contributed by atoms with Gasteiger partial charge in [-0.2, -0.15) is 0 Å². The van der Waals surface area contributed by atoms with E-state index in [4.69, 9.17) is 0 Å². The van der Waals surface area contributed by atoms with Crippen molar-refractivity contribution < 1.29 is 0 Å². The first-order valence-corrected chi connectivity index (χ1v) is 4.85. The van der Waals surface area contributed by atoms with Crippen molar-refractivity contribution in [2.75, 3.05) is 5.32 Å². The molecule has 1 aromatic carbocycles. The molecule has 1 aromatic heterocycles. The summed E-state index contributed by atoms with van der Waals surface area (Å²) in [5, 5.41) is 3.06. The van der Waals surface area contributed by atoms with Crippen LogP contribution in [0.2, 0.25) is 0 Å². The fraction of sp³-hybridized carbons (Fsp3) is 0. The molecule has 0 saturated carbocycles. The maximum absolute atomic E-state index is 4.03. The molecule has 2 aromatic rings. The predicted octanol–water partition coefficient (Wildman–Crippen LogP) is 2.78. The number of anilines is 2. The van der Waals surface area contributed by atoms with Crippen LogP contribution >= 0.6 is 15.9 Å². The van der Waals surface area contributed by atoms with E-state index in [2.05, 4.69) is 37.4 Å². The van der Waals surface area contributed by atoms with Gasteiger partial charge in [-0.25, -0.2) is 9.97 Å². The summed E-state index contributed by atoms with van der Waals surface area (Å²) in [7, 11) is 0. The highest BCUT2D eigenvalue weighted by Gasteiger charge is 1.95. The van der Waals surface area contributed by atoms with E-state index >= 15 is 0 Å². The van der Waals surface area contributed by atoms with Gasteiger partial charge in [0.2, 0.25) is 5.95 Å². The van der Waals surface area contributed by atoms with Crippen molar-refractivity contribution in [3.05, 3.63) is 47.2 Å². The molecule has 0 amide bonds. The van der Waals surface area contributed by atoms with Gasteiger partial charge in [0.25, 0.3) is 0 Å². The Labute approximate surface area is 90.3 Å². The fourth-order valence-electron chi connectivity index (χ4n) is 1.02. The number of rotatable bonds is 2. The van der Waals surface area contributed by atoms with E-state index in [-0.39, 0.29) is 0 Å². The Morgan fingerprint density at radius 3 is 3.00 bits per heavy atom. The van der Waals surface area contributed by atoms with Gasteiger partial charge in [-0.05, 0) is 24.3 Å². The molecule has 1 radical (unpaired) electrons. The zero-order valence-electron chi connectivity index (χ0n) is 7.24. The summed E-state index contributed by atoms with van der Waals surface area (Å²) in [6.07, 6.45) is 4.36. The number of aromatic nitrogens is 2. The highest BCUT2D eigenvalue weighted by Crippen LogP contribution is 2.17. The molecule has 4 heteroatoms. The standard InChI is InChI=1S/C10H7BrN3/c11-8-3-1-4-9(7-8)14-10-12-5-2-6-13-10/h1-5,7H,(H,12,13,14). The van der Waals surface area contributed by atoms with Crippen molar-refractivity contribution in [3.63, 3.8) is 0 Å². The summed E-state index contributed by atoms with van der Waals surface area (Å²) >= 11 is 3.39. The van der Waals surface area contributed by atoms with Crippen LogP contribution in [-0.2, 0) is 0 Å². The summed E-state index contributed by atoms with van der Waals surface area (Å²) in [4.78, 5) is 7.98. The Morgan fingerprint density at radius 2 is 2.29 bits per heavy atom. The van der Waals surface area contributed by atoms with E-state index < -0.39 is 0 Å². The second kappa shape index (κ2) is 4.19. The third kappa shape index (κ3) is 2.29. The first-order chi connectivity index (χ1) is 6.84. The second-order valence-electron chi connectivity index (χ2n) is 2.64. The van der Waals surface area contributed by atoms with Crippen LogP contribution in [0.5, 0.6) is 0 Å². The van der Waals surface area contributed by atoms with Crippen molar-refractivity contribution in [1.82, 2.24) is 9.97 Å². The first kappa shape index (κ1) is 9.15. The monoisotopic (exact) mass is 248 g/mol. The van der Waals surface area contributed by atoms with E-state index in [1.54, 1.807) is 12.3 Å². The number of nitrogens with one attached hydrogen (secondary N) is 1.